The van der Waals surface area contributed by atoms with Gasteiger partial charge in [-0.25, -0.2) is 0 Å². The lowest BCUT2D eigenvalue weighted by molar-refractivity contribution is -0.139. The van der Waals surface area contributed by atoms with Gasteiger partial charge in [0.1, 0.15) is 24.7 Å². The molecule has 6 rings (SSSR count). The molecule has 0 aliphatic carbocycles. The molecule has 4 aromatic rings. The van der Waals surface area contributed by atoms with Gasteiger partial charge in [-0.3, -0.25) is 19.4 Å². The second kappa shape index (κ2) is 22.1. The van der Waals surface area contributed by atoms with Crippen molar-refractivity contribution in [3.63, 3.8) is 0 Å². The third-order valence-electron chi connectivity index (χ3n) is 9.33. The Hall–Kier alpha value is -3.98. The molecule has 13 nitrogen and oxygen atoms in total. The summed E-state index contributed by atoms with van der Waals surface area (Å²) in [7, 11) is 1.39. The van der Waals surface area contributed by atoms with Gasteiger partial charge in [0.25, 0.3) is 0 Å². The number of Topliss-reactive ketones (excluding diaryl/α,β-unsaturated/α-hetero) is 1. The quantitative estimate of drug-likeness (QED) is 0.0936. The van der Waals surface area contributed by atoms with Gasteiger partial charge in [-0.1, -0.05) is 65.5 Å². The zero-order valence-electron chi connectivity index (χ0n) is 31.5. The Morgan fingerprint density at radius 1 is 0.643 bits per heavy atom. The minimum absolute atomic E-state index is 0.178. The molecule has 0 bridgehead atoms. The monoisotopic (exact) mass is 846 g/mol. The number of piperazine rings is 2. The lowest BCUT2D eigenvalue weighted by Crippen LogP contribution is -2.47. The molecule has 2 aliphatic rings. The molecule has 0 saturated carbocycles. The summed E-state index contributed by atoms with van der Waals surface area (Å²) in [6.45, 7) is 11.9. The fourth-order valence-corrected chi connectivity index (χ4v) is 6.90. The van der Waals surface area contributed by atoms with Crippen LogP contribution in [0.5, 0.6) is 11.5 Å². The van der Waals surface area contributed by atoms with Gasteiger partial charge in [-0.2, -0.15) is 0 Å². The number of carbonyl (C=O) groups excluding carboxylic acids is 2. The van der Waals surface area contributed by atoms with Crippen molar-refractivity contribution in [2.75, 3.05) is 95.6 Å². The van der Waals surface area contributed by atoms with Crippen LogP contribution < -0.4 is 19.3 Å². The topological polar surface area (TPSA) is 126 Å². The van der Waals surface area contributed by atoms with E-state index in [0.717, 1.165) is 106 Å². The number of carbonyl (C=O) groups is 2. The number of anilines is 2. The van der Waals surface area contributed by atoms with Crippen molar-refractivity contribution in [1.29, 1.82) is 0 Å². The number of methoxy groups -OCH3 is 1. The lowest BCUT2D eigenvalue weighted by Gasteiger charge is -2.36. The smallest absolute Gasteiger partial charge is 0.309 e. The van der Waals surface area contributed by atoms with Gasteiger partial charge < -0.3 is 24.0 Å². The van der Waals surface area contributed by atoms with Crippen LogP contribution in [-0.4, -0.2) is 128 Å². The summed E-state index contributed by atoms with van der Waals surface area (Å²) < 4.78 is 16.3. The van der Waals surface area contributed by atoms with Crippen LogP contribution in [0.3, 0.4) is 0 Å². The predicted molar refractivity (Wildman–Crippen MR) is 220 cm³/mol. The number of ketones is 1. The highest BCUT2D eigenvalue weighted by molar-refractivity contribution is 6.34. The maximum Gasteiger partial charge on any atom is 0.309 e. The van der Waals surface area contributed by atoms with Crippen molar-refractivity contribution >= 4 is 69.5 Å². The molecule has 300 valence electrons. The Labute approximate surface area is 347 Å². The molecule has 0 radical (unpaired) electrons. The van der Waals surface area contributed by atoms with Gasteiger partial charge >= 0.3 is 5.97 Å². The molecule has 2 fully saturated rings. The van der Waals surface area contributed by atoms with E-state index in [2.05, 4.69) is 44.7 Å². The number of esters is 1. The largest absolute Gasteiger partial charge is 0.492 e. The Morgan fingerprint density at radius 2 is 1.09 bits per heavy atom. The first-order valence-corrected chi connectivity index (χ1v) is 20.0. The van der Waals surface area contributed by atoms with Crippen molar-refractivity contribution < 1.29 is 23.8 Å². The molecular weight excluding hydrogens is 802 g/mol. The first-order chi connectivity index (χ1) is 27.1. The minimum Gasteiger partial charge on any atom is -0.492 e. The summed E-state index contributed by atoms with van der Waals surface area (Å²) in [6, 6.07) is 18.4. The van der Waals surface area contributed by atoms with E-state index in [0.29, 0.717) is 40.2 Å². The summed E-state index contributed by atoms with van der Waals surface area (Å²) in [4.78, 5) is 32.2. The van der Waals surface area contributed by atoms with E-state index in [1.54, 1.807) is 12.1 Å². The summed E-state index contributed by atoms with van der Waals surface area (Å²) in [5, 5.41) is 16.7. The SMILES string of the molecule is CCCC(=O)c1ccc(OCCN2CCN(c3cc(Cl)nnc3Cl)CC2)cc1.COC(=O)Cc1ccc(OCCN2CCN(c3cc(Cl)nnc3Cl)CC2)cc1. The van der Waals surface area contributed by atoms with Crippen LogP contribution in [0.1, 0.15) is 35.7 Å². The Kier molecular flexibility index (Phi) is 17.0. The molecule has 2 aromatic heterocycles. The standard InChI is InChI=1S/C20H24Cl2N4O2.C19H22Cl2N4O3/c1-2-3-18(27)15-4-6-16(7-5-15)28-13-12-25-8-10-26(11-9-25)17-14-19(21)23-24-20(17)22;1-27-18(26)12-14-2-4-15(5-3-14)28-11-10-24-6-8-25(9-7-24)16-13-17(20)22-23-19(16)21/h4-7,14H,2-3,8-13H2,1H3;2-5,13H,6-12H2,1H3. The second-order valence-corrected chi connectivity index (χ2v) is 14.6. The van der Waals surface area contributed by atoms with Crippen molar-refractivity contribution in [1.82, 2.24) is 30.2 Å². The lowest BCUT2D eigenvalue weighted by atomic mass is 10.1. The van der Waals surface area contributed by atoms with E-state index in [9.17, 15) is 9.59 Å². The number of hydrogen-bond acceptors (Lipinski definition) is 13. The van der Waals surface area contributed by atoms with Crippen molar-refractivity contribution in [2.45, 2.75) is 26.2 Å². The third-order valence-corrected chi connectivity index (χ3v) is 10.2. The Bertz CT molecular complexity index is 1860. The number of ether oxygens (including phenoxy) is 3. The summed E-state index contributed by atoms with van der Waals surface area (Å²) in [5.74, 6) is 1.50. The van der Waals surface area contributed by atoms with E-state index in [1.165, 1.54) is 7.11 Å². The number of hydrogen-bond donors (Lipinski definition) is 0. The van der Waals surface area contributed by atoms with E-state index < -0.39 is 0 Å². The van der Waals surface area contributed by atoms with E-state index >= 15 is 0 Å². The molecule has 0 atom stereocenters. The van der Waals surface area contributed by atoms with Gasteiger partial charge in [0, 0.05) is 89.6 Å². The molecular formula is C39H46Cl4N8O5. The zero-order valence-corrected chi connectivity index (χ0v) is 34.5. The molecule has 2 saturated heterocycles. The molecule has 4 heterocycles. The first-order valence-electron chi connectivity index (χ1n) is 18.5. The van der Waals surface area contributed by atoms with Crippen LogP contribution in [0.25, 0.3) is 0 Å². The average Bonchev–Trinajstić information content (AvgIpc) is 3.21. The minimum atomic E-state index is -0.251. The Balaban J connectivity index is 0.000000214. The summed E-state index contributed by atoms with van der Waals surface area (Å²) in [5.41, 5.74) is 3.30. The third kappa shape index (κ3) is 13.3. The van der Waals surface area contributed by atoms with Crippen molar-refractivity contribution in [3.8, 4) is 11.5 Å². The van der Waals surface area contributed by atoms with Gasteiger partial charge in [-0.15, -0.1) is 20.4 Å². The second-order valence-electron chi connectivity index (χ2n) is 13.1. The molecule has 0 unspecified atom stereocenters. The number of halogens is 4. The van der Waals surface area contributed by atoms with Crippen LogP contribution in [0.4, 0.5) is 11.4 Å². The number of aromatic nitrogens is 4. The van der Waals surface area contributed by atoms with Crippen LogP contribution >= 0.6 is 46.4 Å². The fourth-order valence-electron chi connectivity index (χ4n) is 6.19. The predicted octanol–water partition coefficient (Wildman–Crippen LogP) is 6.67. The summed E-state index contributed by atoms with van der Waals surface area (Å²) in [6.07, 6.45) is 1.71. The van der Waals surface area contributed by atoms with E-state index in [-0.39, 0.29) is 18.2 Å². The number of rotatable bonds is 15. The molecule has 17 heteroatoms. The maximum absolute atomic E-state index is 11.9. The van der Waals surface area contributed by atoms with Gasteiger partial charge in [-0.05, 0) is 48.4 Å². The van der Waals surface area contributed by atoms with Crippen LogP contribution in [0.2, 0.25) is 20.6 Å². The Morgan fingerprint density at radius 3 is 1.52 bits per heavy atom. The van der Waals surface area contributed by atoms with Crippen molar-refractivity contribution in [3.05, 3.63) is 92.4 Å². The molecule has 0 N–H and O–H groups in total. The zero-order chi connectivity index (χ0) is 39.9. The normalized spacial score (nSPS) is 14.8. The van der Waals surface area contributed by atoms with Crippen LogP contribution in [-0.2, 0) is 16.0 Å². The van der Waals surface area contributed by atoms with E-state index in [4.69, 9.17) is 55.9 Å². The van der Waals surface area contributed by atoms with Gasteiger partial charge in [0.05, 0.1) is 24.9 Å². The highest BCUT2D eigenvalue weighted by atomic mass is 35.5. The highest BCUT2D eigenvalue weighted by Gasteiger charge is 2.21. The maximum atomic E-state index is 11.9. The molecule has 2 aliphatic heterocycles. The first kappa shape index (κ1) is 43.1. The number of nitrogens with zero attached hydrogens (tertiary/aromatic N) is 8. The average molecular weight is 849 g/mol. The fraction of sp³-hybridized carbons (Fsp3) is 0.436. The highest BCUT2D eigenvalue weighted by Crippen LogP contribution is 2.27. The van der Waals surface area contributed by atoms with Crippen LogP contribution in [0.15, 0.2) is 60.7 Å². The van der Waals surface area contributed by atoms with Crippen molar-refractivity contribution in [2.24, 2.45) is 0 Å². The number of benzene rings is 2. The molecule has 2 aromatic carbocycles. The van der Waals surface area contributed by atoms with E-state index in [1.807, 2.05) is 55.5 Å². The van der Waals surface area contributed by atoms with Gasteiger partial charge in [0.15, 0.2) is 26.4 Å². The molecule has 0 amide bonds. The molecule has 0 spiro atoms. The summed E-state index contributed by atoms with van der Waals surface area (Å²) >= 11 is 24.1. The van der Waals surface area contributed by atoms with Crippen LogP contribution in [0, 0.1) is 0 Å². The van der Waals surface area contributed by atoms with Gasteiger partial charge in [0.2, 0.25) is 0 Å². The molecule has 56 heavy (non-hydrogen) atoms.